The molecule has 0 amide bonds. The minimum atomic E-state index is -0.406. The summed E-state index contributed by atoms with van der Waals surface area (Å²) in [5.41, 5.74) is 2.00. The minimum Gasteiger partial charge on any atom is -0.493 e. The molecule has 0 saturated heterocycles. The second-order valence-electron chi connectivity index (χ2n) is 6.05. The molecule has 0 saturated carbocycles. The minimum absolute atomic E-state index is 0. The first-order chi connectivity index (χ1) is 14.1. The molecule has 0 bridgehead atoms. The van der Waals surface area contributed by atoms with Crippen LogP contribution in [-0.2, 0) is 13.1 Å². The average Bonchev–Trinajstić information content (AvgIpc) is 2.75. The number of rotatable bonds is 10. The van der Waals surface area contributed by atoms with E-state index in [0.717, 1.165) is 23.4 Å². The molecule has 8 nitrogen and oxygen atoms in total. The Balaban J connectivity index is 0.00000450. The van der Waals surface area contributed by atoms with Crippen molar-refractivity contribution in [1.29, 1.82) is 0 Å². The van der Waals surface area contributed by atoms with Crippen LogP contribution >= 0.6 is 35.7 Å². The number of nitro groups is 1. The Morgan fingerprint density at radius 1 is 1.07 bits per heavy atom. The average molecular weight is 546 g/mol. The maximum absolute atomic E-state index is 10.8. The monoisotopic (exact) mass is 546 g/mol. The van der Waals surface area contributed by atoms with Crippen molar-refractivity contribution in [3.05, 3.63) is 63.7 Å². The van der Waals surface area contributed by atoms with E-state index < -0.39 is 4.92 Å². The molecule has 0 heterocycles. The lowest BCUT2D eigenvalue weighted by atomic mass is 10.2. The van der Waals surface area contributed by atoms with E-state index in [-0.39, 0.29) is 29.7 Å². The van der Waals surface area contributed by atoms with Gasteiger partial charge in [-0.1, -0.05) is 18.2 Å². The number of nitrogens with zero attached hydrogens (tertiary/aromatic N) is 2. The first-order valence-electron chi connectivity index (χ1n) is 9.02. The van der Waals surface area contributed by atoms with Crippen LogP contribution in [0.1, 0.15) is 11.1 Å². The van der Waals surface area contributed by atoms with E-state index in [1.165, 1.54) is 12.1 Å². The molecule has 10 heteroatoms. The van der Waals surface area contributed by atoms with E-state index in [4.69, 9.17) is 9.47 Å². The lowest BCUT2D eigenvalue weighted by Crippen LogP contribution is -2.38. The lowest BCUT2D eigenvalue weighted by molar-refractivity contribution is -0.384. The van der Waals surface area contributed by atoms with Gasteiger partial charge in [-0.15, -0.1) is 24.0 Å². The fourth-order valence-electron chi connectivity index (χ4n) is 2.52. The molecule has 0 fully saturated rings. The van der Waals surface area contributed by atoms with Gasteiger partial charge in [-0.05, 0) is 29.5 Å². The van der Waals surface area contributed by atoms with Crippen LogP contribution in [0.15, 0.2) is 47.5 Å². The Morgan fingerprint density at radius 2 is 1.73 bits per heavy atom. The smallest absolute Gasteiger partial charge is 0.269 e. The van der Waals surface area contributed by atoms with Gasteiger partial charge in [-0.25, -0.2) is 4.99 Å². The maximum Gasteiger partial charge on any atom is 0.269 e. The van der Waals surface area contributed by atoms with Crippen LogP contribution in [0.3, 0.4) is 0 Å². The zero-order valence-electron chi connectivity index (χ0n) is 17.2. The van der Waals surface area contributed by atoms with Gasteiger partial charge in [0.25, 0.3) is 5.69 Å². The van der Waals surface area contributed by atoms with Gasteiger partial charge < -0.3 is 20.1 Å². The lowest BCUT2D eigenvalue weighted by Gasteiger charge is -2.13. The van der Waals surface area contributed by atoms with Crippen LogP contribution in [0.25, 0.3) is 0 Å². The molecule has 2 aromatic carbocycles. The molecule has 0 atom stereocenters. The third-order valence-electron chi connectivity index (χ3n) is 4.07. The van der Waals surface area contributed by atoms with E-state index in [1.54, 1.807) is 38.1 Å². The standard InChI is InChI=1S/C20H26N4O4S.HI/c1-27-18-9-6-16(12-19(18)28-2)14-23-20(21-10-11-29-3)22-13-15-4-7-17(8-5-15)24(25)26;/h4-9,12H,10-11,13-14H2,1-3H3,(H2,21,22,23);1H. The van der Waals surface area contributed by atoms with Crippen LogP contribution in [0, 0.1) is 10.1 Å². The summed E-state index contributed by atoms with van der Waals surface area (Å²) in [6.45, 7) is 1.75. The SMILES string of the molecule is COc1ccc(CN=C(NCCSC)NCc2ccc([N+](=O)[O-])cc2)cc1OC.I. The number of halogens is 1. The summed E-state index contributed by atoms with van der Waals surface area (Å²) in [5.74, 6) is 2.96. The number of ether oxygens (including phenoxy) is 2. The van der Waals surface area contributed by atoms with E-state index in [1.807, 2.05) is 24.5 Å². The predicted molar refractivity (Wildman–Crippen MR) is 132 cm³/mol. The Labute approximate surface area is 198 Å². The van der Waals surface area contributed by atoms with Crippen LogP contribution in [-0.4, -0.2) is 43.7 Å². The largest absolute Gasteiger partial charge is 0.493 e. The second kappa shape index (κ2) is 13.9. The number of guanidine groups is 1. The summed E-state index contributed by atoms with van der Waals surface area (Å²) >= 11 is 1.75. The van der Waals surface area contributed by atoms with E-state index in [2.05, 4.69) is 15.6 Å². The van der Waals surface area contributed by atoms with Crippen molar-refractivity contribution in [2.24, 2.45) is 4.99 Å². The third-order valence-corrected chi connectivity index (χ3v) is 4.69. The fourth-order valence-corrected chi connectivity index (χ4v) is 2.82. The van der Waals surface area contributed by atoms with E-state index in [9.17, 15) is 10.1 Å². The number of nitro benzene ring substituents is 1. The number of nitrogens with one attached hydrogen (secondary N) is 2. The van der Waals surface area contributed by atoms with Gasteiger partial charge in [0.05, 0.1) is 25.7 Å². The molecule has 0 unspecified atom stereocenters. The summed E-state index contributed by atoms with van der Waals surface area (Å²) in [6, 6.07) is 12.2. The Kier molecular flexibility index (Phi) is 12.0. The molecule has 0 radical (unpaired) electrons. The molecule has 2 aromatic rings. The van der Waals surface area contributed by atoms with Crippen molar-refractivity contribution in [3.63, 3.8) is 0 Å². The fraction of sp³-hybridized carbons (Fsp3) is 0.350. The van der Waals surface area contributed by atoms with Gasteiger partial charge in [-0.3, -0.25) is 10.1 Å². The number of benzene rings is 2. The Hall–Kier alpha value is -2.21. The topological polar surface area (TPSA) is 98.0 Å². The van der Waals surface area contributed by atoms with Gasteiger partial charge in [0, 0.05) is 31.0 Å². The highest BCUT2D eigenvalue weighted by molar-refractivity contribution is 14.0. The maximum atomic E-state index is 10.8. The van der Waals surface area contributed by atoms with Gasteiger partial charge in [0.15, 0.2) is 17.5 Å². The Bertz CT molecular complexity index is 834. The molecule has 164 valence electrons. The van der Waals surface area contributed by atoms with Crippen LogP contribution in [0.5, 0.6) is 11.5 Å². The van der Waals surface area contributed by atoms with E-state index >= 15 is 0 Å². The summed E-state index contributed by atoms with van der Waals surface area (Å²) < 4.78 is 10.6. The van der Waals surface area contributed by atoms with Gasteiger partial charge >= 0.3 is 0 Å². The van der Waals surface area contributed by atoms with E-state index in [0.29, 0.717) is 30.5 Å². The zero-order chi connectivity index (χ0) is 21.1. The number of methoxy groups -OCH3 is 2. The molecule has 2 N–H and O–H groups in total. The Morgan fingerprint density at radius 3 is 2.33 bits per heavy atom. The van der Waals surface area contributed by atoms with Gasteiger partial charge in [0.1, 0.15) is 0 Å². The molecular weight excluding hydrogens is 519 g/mol. The van der Waals surface area contributed by atoms with Crippen molar-refractivity contribution in [1.82, 2.24) is 10.6 Å². The quantitative estimate of drug-likeness (QED) is 0.117. The number of non-ortho nitro benzene ring substituents is 1. The summed E-state index contributed by atoms with van der Waals surface area (Å²) in [4.78, 5) is 15.0. The van der Waals surface area contributed by atoms with Crippen molar-refractivity contribution < 1.29 is 14.4 Å². The number of thioether (sulfide) groups is 1. The summed E-state index contributed by atoms with van der Waals surface area (Å²) in [6.07, 6.45) is 2.05. The van der Waals surface area contributed by atoms with Gasteiger partial charge in [0.2, 0.25) is 0 Å². The second-order valence-corrected chi connectivity index (χ2v) is 7.04. The first kappa shape index (κ1) is 25.8. The van der Waals surface area contributed by atoms with Crippen molar-refractivity contribution in [2.45, 2.75) is 13.1 Å². The van der Waals surface area contributed by atoms with Crippen molar-refractivity contribution >= 4 is 47.4 Å². The highest BCUT2D eigenvalue weighted by Crippen LogP contribution is 2.27. The molecule has 0 aliphatic carbocycles. The number of hydrogen-bond acceptors (Lipinski definition) is 6. The molecule has 0 spiro atoms. The highest BCUT2D eigenvalue weighted by atomic mass is 127. The first-order valence-corrected chi connectivity index (χ1v) is 10.4. The molecule has 2 rings (SSSR count). The summed E-state index contributed by atoms with van der Waals surface area (Å²) in [7, 11) is 3.21. The summed E-state index contributed by atoms with van der Waals surface area (Å²) in [5, 5.41) is 17.3. The molecule has 0 aliphatic heterocycles. The van der Waals surface area contributed by atoms with Gasteiger partial charge in [-0.2, -0.15) is 11.8 Å². The van der Waals surface area contributed by atoms with Crippen molar-refractivity contribution in [2.75, 3.05) is 32.8 Å². The predicted octanol–water partition coefficient (Wildman–Crippen LogP) is 3.83. The third kappa shape index (κ3) is 8.27. The molecular formula is C20H27IN4O4S. The number of hydrogen-bond donors (Lipinski definition) is 2. The normalized spacial score (nSPS) is 10.7. The molecule has 30 heavy (non-hydrogen) atoms. The van der Waals surface area contributed by atoms with Crippen LogP contribution in [0.2, 0.25) is 0 Å². The van der Waals surface area contributed by atoms with Crippen LogP contribution < -0.4 is 20.1 Å². The highest BCUT2D eigenvalue weighted by Gasteiger charge is 2.06. The molecule has 0 aliphatic rings. The molecule has 0 aromatic heterocycles. The zero-order valence-corrected chi connectivity index (χ0v) is 20.4. The van der Waals surface area contributed by atoms with Crippen LogP contribution in [0.4, 0.5) is 5.69 Å². The van der Waals surface area contributed by atoms with Crippen molar-refractivity contribution in [3.8, 4) is 11.5 Å². The number of aliphatic imine (C=N–C) groups is 1.